The van der Waals surface area contributed by atoms with Crippen molar-refractivity contribution in [2.45, 2.75) is 12.8 Å². The molecule has 1 saturated heterocycles. The Morgan fingerprint density at radius 2 is 2.09 bits per heavy atom. The van der Waals surface area contributed by atoms with Gasteiger partial charge < -0.3 is 27.0 Å². The first kappa shape index (κ1) is 17.1. The maximum Gasteiger partial charge on any atom is 0.233 e. The second kappa shape index (κ2) is 8.38. The van der Waals surface area contributed by atoms with Crippen molar-refractivity contribution in [3.05, 3.63) is 24.3 Å². The lowest BCUT2D eigenvalue weighted by molar-refractivity contribution is -0.120. The van der Waals surface area contributed by atoms with Crippen LogP contribution < -0.4 is 27.0 Å². The van der Waals surface area contributed by atoms with Crippen molar-refractivity contribution in [2.24, 2.45) is 22.4 Å². The van der Waals surface area contributed by atoms with E-state index in [0.29, 0.717) is 12.5 Å². The number of hydrogen-bond acceptors (Lipinski definition) is 4. The molecule has 1 atom stereocenters. The number of rotatable bonds is 6. The van der Waals surface area contributed by atoms with Crippen molar-refractivity contribution in [1.82, 2.24) is 10.6 Å². The Labute approximate surface area is 137 Å². The SMILES string of the molecule is CNCC(=O)NCC1CCCN(c2ccc(N=C(N)N)cc2)C1. The average Bonchev–Trinajstić information content (AvgIpc) is 2.54. The quantitative estimate of drug-likeness (QED) is 0.441. The molecule has 0 saturated carbocycles. The summed E-state index contributed by atoms with van der Waals surface area (Å²) in [6.07, 6.45) is 2.27. The minimum Gasteiger partial charge on any atom is -0.371 e. The molecule has 1 heterocycles. The molecule has 126 valence electrons. The lowest BCUT2D eigenvalue weighted by atomic mass is 9.97. The largest absolute Gasteiger partial charge is 0.371 e. The highest BCUT2D eigenvalue weighted by atomic mass is 16.1. The van der Waals surface area contributed by atoms with Crippen LogP contribution in [0.1, 0.15) is 12.8 Å². The van der Waals surface area contributed by atoms with E-state index < -0.39 is 0 Å². The number of likely N-dealkylation sites (N-methyl/N-ethyl adjacent to an activating group) is 1. The van der Waals surface area contributed by atoms with E-state index in [0.717, 1.165) is 43.9 Å². The molecule has 1 amide bonds. The first-order valence-electron chi connectivity index (χ1n) is 7.94. The molecule has 0 aromatic heterocycles. The number of carbonyl (C=O) groups excluding carboxylic acids is 1. The molecular weight excluding hydrogens is 292 g/mol. The van der Waals surface area contributed by atoms with Gasteiger partial charge in [-0.05, 0) is 50.1 Å². The summed E-state index contributed by atoms with van der Waals surface area (Å²) in [7, 11) is 1.77. The van der Waals surface area contributed by atoms with Crippen LogP contribution in [0.2, 0.25) is 0 Å². The van der Waals surface area contributed by atoms with Crippen molar-refractivity contribution in [2.75, 3.05) is 38.1 Å². The van der Waals surface area contributed by atoms with Gasteiger partial charge in [0.2, 0.25) is 5.91 Å². The van der Waals surface area contributed by atoms with E-state index in [4.69, 9.17) is 11.5 Å². The summed E-state index contributed by atoms with van der Waals surface area (Å²) in [4.78, 5) is 17.9. The lowest BCUT2D eigenvalue weighted by Gasteiger charge is -2.34. The summed E-state index contributed by atoms with van der Waals surface area (Å²) in [6, 6.07) is 7.88. The van der Waals surface area contributed by atoms with Gasteiger partial charge >= 0.3 is 0 Å². The van der Waals surface area contributed by atoms with Crippen LogP contribution in [0.4, 0.5) is 11.4 Å². The summed E-state index contributed by atoms with van der Waals surface area (Å²) in [5.41, 5.74) is 12.7. The van der Waals surface area contributed by atoms with Gasteiger partial charge in [0, 0.05) is 25.3 Å². The third kappa shape index (κ3) is 5.45. The predicted molar refractivity (Wildman–Crippen MR) is 93.8 cm³/mol. The smallest absolute Gasteiger partial charge is 0.233 e. The van der Waals surface area contributed by atoms with Gasteiger partial charge in [-0.15, -0.1) is 0 Å². The first-order chi connectivity index (χ1) is 11.1. The molecule has 6 N–H and O–H groups in total. The van der Waals surface area contributed by atoms with Gasteiger partial charge in [-0.3, -0.25) is 4.79 Å². The van der Waals surface area contributed by atoms with Gasteiger partial charge in [-0.2, -0.15) is 0 Å². The highest BCUT2D eigenvalue weighted by Gasteiger charge is 2.20. The third-order valence-electron chi connectivity index (χ3n) is 3.92. The van der Waals surface area contributed by atoms with E-state index in [1.54, 1.807) is 7.05 Å². The molecule has 7 heteroatoms. The highest BCUT2D eigenvalue weighted by Crippen LogP contribution is 2.25. The molecule has 1 aromatic rings. The van der Waals surface area contributed by atoms with Crippen LogP contribution in [0.3, 0.4) is 0 Å². The van der Waals surface area contributed by atoms with Crippen LogP contribution >= 0.6 is 0 Å². The molecule has 1 aromatic carbocycles. The van der Waals surface area contributed by atoms with Crippen molar-refractivity contribution < 1.29 is 4.79 Å². The number of nitrogens with one attached hydrogen (secondary N) is 2. The normalized spacial score (nSPS) is 17.6. The van der Waals surface area contributed by atoms with Gasteiger partial charge in [-0.25, -0.2) is 4.99 Å². The highest BCUT2D eigenvalue weighted by molar-refractivity contribution is 5.79. The third-order valence-corrected chi connectivity index (χ3v) is 3.92. The number of nitrogens with zero attached hydrogens (tertiary/aromatic N) is 2. The molecule has 1 unspecified atom stereocenters. The van der Waals surface area contributed by atoms with Crippen LogP contribution in [0.5, 0.6) is 0 Å². The van der Waals surface area contributed by atoms with Crippen LogP contribution in [-0.2, 0) is 4.79 Å². The summed E-state index contributed by atoms with van der Waals surface area (Å²) < 4.78 is 0. The van der Waals surface area contributed by atoms with E-state index in [2.05, 4.69) is 20.5 Å². The molecular formula is C16H26N6O. The van der Waals surface area contributed by atoms with Gasteiger partial charge in [0.25, 0.3) is 0 Å². The topological polar surface area (TPSA) is 109 Å². The predicted octanol–water partition coefficient (Wildman–Crippen LogP) is 0.144. The number of benzene rings is 1. The van der Waals surface area contributed by atoms with Crippen molar-refractivity contribution in [3.8, 4) is 0 Å². The van der Waals surface area contributed by atoms with E-state index in [9.17, 15) is 4.79 Å². The Bertz CT molecular complexity index is 538. The molecule has 23 heavy (non-hydrogen) atoms. The number of guanidine groups is 1. The molecule has 1 aliphatic heterocycles. The maximum absolute atomic E-state index is 11.5. The van der Waals surface area contributed by atoms with E-state index >= 15 is 0 Å². The summed E-state index contributed by atoms with van der Waals surface area (Å²) in [6.45, 7) is 3.07. The van der Waals surface area contributed by atoms with E-state index in [1.807, 2.05) is 24.3 Å². The lowest BCUT2D eigenvalue weighted by Crippen LogP contribution is -2.42. The Balaban J connectivity index is 1.90. The summed E-state index contributed by atoms with van der Waals surface area (Å²) in [5, 5.41) is 5.84. The number of carbonyl (C=O) groups is 1. The number of hydrogen-bond donors (Lipinski definition) is 4. The van der Waals surface area contributed by atoms with Crippen LogP contribution in [-0.4, -0.2) is 45.1 Å². The Morgan fingerprint density at radius 1 is 1.35 bits per heavy atom. The van der Waals surface area contributed by atoms with Crippen LogP contribution in [0.15, 0.2) is 29.3 Å². The van der Waals surface area contributed by atoms with Gasteiger partial charge in [-0.1, -0.05) is 0 Å². The van der Waals surface area contributed by atoms with E-state index in [1.165, 1.54) is 0 Å². The number of amides is 1. The fourth-order valence-corrected chi connectivity index (χ4v) is 2.83. The molecule has 0 radical (unpaired) electrons. The Hall–Kier alpha value is -2.28. The second-order valence-electron chi connectivity index (χ2n) is 5.84. The van der Waals surface area contributed by atoms with Gasteiger partial charge in [0.1, 0.15) is 0 Å². The minimum absolute atomic E-state index is 0.0474. The standard InChI is InChI=1S/C16H26N6O/c1-19-10-15(23)20-9-12-3-2-8-22(11-12)14-6-4-13(5-7-14)21-16(17)18/h4-7,12,19H,2-3,8-11H2,1H3,(H,20,23)(H4,17,18,21). The number of nitrogens with two attached hydrogens (primary N) is 2. The van der Waals surface area contributed by atoms with Gasteiger partial charge in [0.05, 0.1) is 12.2 Å². The summed E-state index contributed by atoms with van der Waals surface area (Å²) >= 11 is 0. The molecule has 0 aliphatic carbocycles. The molecule has 0 bridgehead atoms. The molecule has 0 spiro atoms. The van der Waals surface area contributed by atoms with Crippen LogP contribution in [0.25, 0.3) is 0 Å². The number of piperidine rings is 1. The minimum atomic E-state index is 0.0474. The first-order valence-corrected chi connectivity index (χ1v) is 7.94. The zero-order valence-corrected chi connectivity index (χ0v) is 13.6. The molecule has 1 fully saturated rings. The Morgan fingerprint density at radius 3 is 2.74 bits per heavy atom. The van der Waals surface area contributed by atoms with Crippen molar-refractivity contribution in [1.29, 1.82) is 0 Å². The van der Waals surface area contributed by atoms with E-state index in [-0.39, 0.29) is 11.9 Å². The zero-order chi connectivity index (χ0) is 16.7. The zero-order valence-electron chi connectivity index (χ0n) is 13.6. The van der Waals surface area contributed by atoms with Crippen molar-refractivity contribution >= 4 is 23.2 Å². The fraction of sp³-hybridized carbons (Fsp3) is 0.500. The number of aliphatic imine (C=N–C) groups is 1. The Kier molecular flexibility index (Phi) is 6.22. The van der Waals surface area contributed by atoms with Crippen molar-refractivity contribution in [3.63, 3.8) is 0 Å². The average molecular weight is 318 g/mol. The second-order valence-corrected chi connectivity index (χ2v) is 5.84. The summed E-state index contributed by atoms with van der Waals surface area (Å²) in [5.74, 6) is 0.584. The fourth-order valence-electron chi connectivity index (χ4n) is 2.83. The van der Waals surface area contributed by atoms with Crippen LogP contribution in [0, 0.1) is 5.92 Å². The monoisotopic (exact) mass is 318 g/mol. The molecule has 1 aliphatic rings. The number of anilines is 1. The van der Waals surface area contributed by atoms with Gasteiger partial charge in [0.15, 0.2) is 5.96 Å². The maximum atomic E-state index is 11.5. The molecule has 7 nitrogen and oxygen atoms in total. The molecule has 2 rings (SSSR count).